The summed E-state index contributed by atoms with van der Waals surface area (Å²) in [5.41, 5.74) is 2.03. The molecule has 4 aromatic rings. The Morgan fingerprint density at radius 1 is 0.638 bits per heavy atom. The summed E-state index contributed by atoms with van der Waals surface area (Å²) >= 11 is 0. The Hall–Kier alpha value is -4.20. The third kappa shape index (κ3) is 22.9. The first-order valence-corrected chi connectivity index (χ1v) is 17.1. The molecule has 47 heavy (non-hydrogen) atoms. The lowest BCUT2D eigenvalue weighted by Crippen LogP contribution is -2.18. The predicted molar refractivity (Wildman–Crippen MR) is 204 cm³/mol. The topological polar surface area (TPSA) is 99.0 Å². The van der Waals surface area contributed by atoms with Crippen molar-refractivity contribution < 1.29 is 14.3 Å². The zero-order chi connectivity index (χ0) is 37.8. The number of aromatic nitrogens is 4. The SMILES string of the molecule is CC.CC.CC.CC.CC.CCC(=O)c1c(C)[nH]n(C)c1=O.CCC(=O)c1c(C)nn(C)c1OC.c1ccccc1.c1ccccc1. The highest BCUT2D eigenvalue weighted by molar-refractivity contribution is 5.99. The van der Waals surface area contributed by atoms with Crippen molar-refractivity contribution in [3.63, 3.8) is 0 Å². The Balaban J connectivity index is -0.000000158. The molecule has 268 valence electrons. The lowest BCUT2D eigenvalue weighted by Gasteiger charge is -2.01. The molecule has 8 heteroatoms. The minimum absolute atomic E-state index is 0.0717. The molecule has 2 heterocycles. The van der Waals surface area contributed by atoms with Crippen molar-refractivity contribution in [2.75, 3.05) is 7.11 Å². The molecule has 0 radical (unpaired) electrons. The minimum atomic E-state index is -0.237. The first kappa shape index (κ1) is 52.3. The van der Waals surface area contributed by atoms with Crippen molar-refractivity contribution in [1.82, 2.24) is 19.6 Å². The second kappa shape index (κ2) is 38.0. The van der Waals surface area contributed by atoms with Gasteiger partial charge in [-0.2, -0.15) is 5.10 Å². The molecule has 0 spiro atoms. The highest BCUT2D eigenvalue weighted by Gasteiger charge is 2.19. The number of ketones is 2. The molecule has 0 bridgehead atoms. The largest absolute Gasteiger partial charge is 0.481 e. The average Bonchev–Trinajstić information content (AvgIpc) is 3.60. The van der Waals surface area contributed by atoms with Gasteiger partial charge in [-0.05, 0) is 13.8 Å². The number of carbonyl (C=O) groups is 2. The van der Waals surface area contributed by atoms with Crippen LogP contribution in [-0.2, 0) is 14.1 Å². The molecule has 1 N–H and O–H groups in total. The number of H-pyrrole nitrogens is 1. The van der Waals surface area contributed by atoms with Crippen molar-refractivity contribution in [3.05, 3.63) is 106 Å². The number of hydrogen-bond acceptors (Lipinski definition) is 5. The second-order valence-electron chi connectivity index (χ2n) is 7.93. The van der Waals surface area contributed by atoms with Gasteiger partial charge in [0.25, 0.3) is 5.56 Å². The van der Waals surface area contributed by atoms with Crippen LogP contribution >= 0.6 is 0 Å². The smallest absolute Gasteiger partial charge is 0.277 e. The highest BCUT2D eigenvalue weighted by atomic mass is 16.5. The van der Waals surface area contributed by atoms with E-state index in [0.717, 1.165) is 5.69 Å². The molecule has 0 aliphatic carbocycles. The molecule has 0 atom stereocenters. The van der Waals surface area contributed by atoms with Gasteiger partial charge in [-0.15, -0.1) is 0 Å². The molecule has 0 saturated heterocycles. The van der Waals surface area contributed by atoms with Gasteiger partial charge in [0.1, 0.15) is 11.1 Å². The van der Waals surface area contributed by atoms with Gasteiger partial charge in [0, 0.05) is 32.6 Å². The van der Waals surface area contributed by atoms with Crippen LogP contribution in [0.4, 0.5) is 0 Å². The van der Waals surface area contributed by atoms with Crippen molar-refractivity contribution >= 4 is 11.6 Å². The van der Waals surface area contributed by atoms with E-state index in [1.54, 1.807) is 39.7 Å². The Morgan fingerprint density at radius 2 is 0.936 bits per heavy atom. The number of nitrogens with zero attached hydrogens (tertiary/aromatic N) is 3. The van der Waals surface area contributed by atoms with E-state index in [2.05, 4.69) is 10.2 Å². The zero-order valence-corrected chi connectivity index (χ0v) is 32.8. The van der Waals surface area contributed by atoms with Crippen LogP contribution in [0.5, 0.6) is 5.88 Å². The minimum Gasteiger partial charge on any atom is -0.481 e. The number of ether oxygens (including phenoxy) is 1. The van der Waals surface area contributed by atoms with Crippen molar-refractivity contribution in [2.24, 2.45) is 14.1 Å². The van der Waals surface area contributed by atoms with Crippen LogP contribution in [0.15, 0.2) is 77.6 Å². The van der Waals surface area contributed by atoms with E-state index in [0.29, 0.717) is 35.5 Å². The molecule has 0 aliphatic rings. The average molecular weight is 657 g/mol. The number of nitrogens with one attached hydrogen (secondary N) is 1. The maximum atomic E-state index is 11.5. The van der Waals surface area contributed by atoms with E-state index < -0.39 is 0 Å². The molecule has 0 unspecified atom stereocenters. The summed E-state index contributed by atoms with van der Waals surface area (Å²) in [5, 5.41) is 6.90. The third-order valence-corrected chi connectivity index (χ3v) is 5.13. The standard InChI is InChI=1S/C9H14N2O2.C8H12N2O2.2C6H6.5C2H6/c1-5-7(12)8-6(2)10-11(3)9(8)13-4;1-4-6(11)7-5(2)9-10(3)8(7)12;2*1-2-4-6-5-3-1;5*1-2/h5H2,1-4H3;9H,4H2,1-3H3;2*1-6H;5*1-2H3. The van der Waals surface area contributed by atoms with Gasteiger partial charge in [-0.25, -0.2) is 4.68 Å². The molecule has 0 aliphatic heterocycles. The highest BCUT2D eigenvalue weighted by Crippen LogP contribution is 2.22. The summed E-state index contributed by atoms with van der Waals surface area (Å²) in [4.78, 5) is 34.0. The molecule has 2 aromatic heterocycles. The number of aryl methyl sites for hydroxylation is 4. The van der Waals surface area contributed by atoms with Gasteiger partial charge in [0.15, 0.2) is 11.6 Å². The number of hydrogen-bond donors (Lipinski definition) is 1. The van der Waals surface area contributed by atoms with Gasteiger partial charge in [-0.3, -0.25) is 24.2 Å². The van der Waals surface area contributed by atoms with Gasteiger partial charge >= 0.3 is 0 Å². The van der Waals surface area contributed by atoms with Crippen molar-refractivity contribution in [2.45, 2.75) is 110 Å². The van der Waals surface area contributed by atoms with Gasteiger partial charge in [0.2, 0.25) is 5.88 Å². The van der Waals surface area contributed by atoms with Crippen molar-refractivity contribution in [1.29, 1.82) is 0 Å². The Kier molecular flexibility index (Phi) is 42.3. The maximum Gasteiger partial charge on any atom is 0.277 e. The van der Waals surface area contributed by atoms with Crippen LogP contribution in [0.1, 0.15) is 128 Å². The third-order valence-electron chi connectivity index (χ3n) is 5.13. The maximum absolute atomic E-state index is 11.5. The molecular formula is C39H68N4O4. The van der Waals surface area contributed by atoms with Crippen LogP contribution in [0, 0.1) is 13.8 Å². The summed E-state index contributed by atoms with van der Waals surface area (Å²) in [6.07, 6.45) is 0.844. The summed E-state index contributed by atoms with van der Waals surface area (Å²) < 4.78 is 8.00. The van der Waals surface area contributed by atoms with Gasteiger partial charge < -0.3 is 4.74 Å². The molecule has 4 rings (SSSR count). The number of benzene rings is 2. The van der Waals surface area contributed by atoms with E-state index in [-0.39, 0.29) is 17.1 Å². The summed E-state index contributed by atoms with van der Waals surface area (Å²) in [6, 6.07) is 24.0. The van der Waals surface area contributed by atoms with E-state index in [1.807, 2.05) is 156 Å². The molecule has 0 amide bonds. The van der Waals surface area contributed by atoms with E-state index in [1.165, 1.54) is 4.68 Å². The number of rotatable bonds is 5. The van der Waals surface area contributed by atoms with E-state index in [4.69, 9.17) is 4.74 Å². The monoisotopic (exact) mass is 657 g/mol. The summed E-state index contributed by atoms with van der Waals surface area (Å²) in [5.74, 6) is 0.515. The molecule has 0 fully saturated rings. The number of carbonyl (C=O) groups excluding carboxylic acids is 2. The fourth-order valence-electron chi connectivity index (χ4n) is 3.33. The molecule has 0 saturated carbocycles. The predicted octanol–water partition coefficient (Wildman–Crippen LogP) is 10.4. The lowest BCUT2D eigenvalue weighted by molar-refractivity contribution is 0.0977. The first-order chi connectivity index (χ1) is 22.7. The van der Waals surface area contributed by atoms with Crippen LogP contribution in [0.25, 0.3) is 0 Å². The molecule has 2 aromatic carbocycles. The Labute approximate surface area is 287 Å². The fraction of sp³-hybridized carbons (Fsp3) is 0.487. The van der Waals surface area contributed by atoms with E-state index in [9.17, 15) is 14.4 Å². The lowest BCUT2D eigenvalue weighted by atomic mass is 10.1. The first-order valence-electron chi connectivity index (χ1n) is 17.1. The second-order valence-corrected chi connectivity index (χ2v) is 7.93. The van der Waals surface area contributed by atoms with Gasteiger partial charge in [-0.1, -0.05) is 156 Å². The summed E-state index contributed by atoms with van der Waals surface area (Å²) in [6.45, 7) is 27.1. The quantitative estimate of drug-likeness (QED) is 0.216. The molecular weight excluding hydrogens is 588 g/mol. The zero-order valence-electron chi connectivity index (χ0n) is 32.8. The normalized spacial score (nSPS) is 8.11. The van der Waals surface area contributed by atoms with Crippen LogP contribution in [-0.4, -0.2) is 38.2 Å². The van der Waals surface area contributed by atoms with Crippen LogP contribution in [0.3, 0.4) is 0 Å². The number of Topliss-reactive ketones (excluding diaryl/α,β-unsaturated/α-hetero) is 2. The van der Waals surface area contributed by atoms with Crippen LogP contribution < -0.4 is 10.3 Å². The van der Waals surface area contributed by atoms with Crippen molar-refractivity contribution in [3.8, 4) is 5.88 Å². The molecule has 8 nitrogen and oxygen atoms in total. The fourth-order valence-corrected chi connectivity index (χ4v) is 3.33. The van der Waals surface area contributed by atoms with Gasteiger partial charge in [0.05, 0.1) is 12.8 Å². The Morgan fingerprint density at radius 3 is 1.17 bits per heavy atom. The number of methoxy groups -OCH3 is 1. The summed E-state index contributed by atoms with van der Waals surface area (Å²) in [7, 11) is 4.91. The van der Waals surface area contributed by atoms with Crippen LogP contribution in [0.2, 0.25) is 0 Å². The number of aromatic amines is 1. The van der Waals surface area contributed by atoms with E-state index >= 15 is 0 Å². The Bertz CT molecular complexity index is 1190.